The lowest BCUT2D eigenvalue weighted by molar-refractivity contribution is -0.322. The van der Waals surface area contributed by atoms with Gasteiger partial charge in [0.15, 0.2) is 5.76 Å². The molecule has 0 aromatic rings. The Morgan fingerprint density at radius 2 is 1.47 bits per heavy atom. The number of rotatable bonds is 4. The lowest BCUT2D eigenvalue weighted by Gasteiger charge is -2.37. The second-order valence-corrected chi connectivity index (χ2v) is 3.49. The van der Waals surface area contributed by atoms with Gasteiger partial charge in [0, 0.05) is 6.92 Å². The van der Waals surface area contributed by atoms with Crippen molar-refractivity contribution < 1.29 is 35.5 Å². The second kappa shape index (κ2) is 4.73. The van der Waals surface area contributed by atoms with Gasteiger partial charge in [-0.15, -0.1) is 0 Å². The molecule has 0 aliphatic carbocycles. The smallest absolute Gasteiger partial charge is 0.429 e. The van der Waals surface area contributed by atoms with Crippen molar-refractivity contribution in [2.45, 2.75) is 44.9 Å². The maximum Gasteiger partial charge on any atom is 0.429 e. The van der Waals surface area contributed by atoms with Crippen LogP contribution in [0, 0.1) is 0 Å². The van der Waals surface area contributed by atoms with E-state index in [9.17, 15) is 30.7 Å². The van der Waals surface area contributed by atoms with E-state index in [1.54, 1.807) is 0 Å². The van der Waals surface area contributed by atoms with Crippen LogP contribution in [0.25, 0.3) is 0 Å². The van der Waals surface area contributed by atoms with E-state index in [1.807, 2.05) is 0 Å². The summed E-state index contributed by atoms with van der Waals surface area (Å²) in [5, 5.41) is 0. The molecule has 0 aromatic carbocycles. The molecule has 8 heteroatoms. The minimum atomic E-state index is -5.57. The average molecular weight is 268 g/mol. The van der Waals surface area contributed by atoms with Gasteiger partial charge in [-0.25, -0.2) is 4.39 Å². The third-order valence-electron chi connectivity index (χ3n) is 2.26. The quantitative estimate of drug-likeness (QED) is 0.539. The van der Waals surface area contributed by atoms with Crippen molar-refractivity contribution in [1.82, 2.24) is 0 Å². The highest BCUT2D eigenvalue weighted by molar-refractivity contribution is 5.01. The lowest BCUT2D eigenvalue weighted by Crippen LogP contribution is -2.56. The molecule has 2 unspecified atom stereocenters. The molecule has 0 aliphatic heterocycles. The molecule has 17 heavy (non-hydrogen) atoms. The molecule has 2 atom stereocenters. The number of alkyl halides is 5. The van der Waals surface area contributed by atoms with E-state index in [1.165, 1.54) is 0 Å². The zero-order valence-electron chi connectivity index (χ0n) is 9.26. The number of allylic oxidation sites excluding steroid dienone is 1. The van der Waals surface area contributed by atoms with Gasteiger partial charge in [0.25, 0.3) is 11.5 Å². The Bertz CT molecular complexity index is 303. The van der Waals surface area contributed by atoms with Crippen LogP contribution in [0.2, 0.25) is 0 Å². The van der Waals surface area contributed by atoms with Gasteiger partial charge in [-0.05, 0) is 13.3 Å². The molecule has 1 nitrogen and oxygen atoms in total. The minimum absolute atomic E-state index is 0.121. The standard InChI is InChI=1S/C9H11F7O/c1-4-8(13,9(14,15)16)7(3,12)17-5(2)6(10)11/h4H2,1-3H3. The summed E-state index contributed by atoms with van der Waals surface area (Å²) in [6.07, 6.45) is -9.39. The van der Waals surface area contributed by atoms with Gasteiger partial charge in [0.1, 0.15) is 0 Å². The summed E-state index contributed by atoms with van der Waals surface area (Å²) < 4.78 is 91.8. The third-order valence-corrected chi connectivity index (χ3v) is 2.26. The first-order valence-corrected chi connectivity index (χ1v) is 4.54. The Kier molecular flexibility index (Phi) is 4.47. The van der Waals surface area contributed by atoms with Crippen LogP contribution in [0.3, 0.4) is 0 Å². The first-order valence-electron chi connectivity index (χ1n) is 4.54. The molecule has 0 aliphatic rings. The first kappa shape index (κ1) is 16.1. The van der Waals surface area contributed by atoms with Crippen LogP contribution >= 0.6 is 0 Å². The highest BCUT2D eigenvalue weighted by Gasteiger charge is 2.68. The summed E-state index contributed by atoms with van der Waals surface area (Å²) in [6, 6.07) is 0. The average Bonchev–Trinajstić information content (AvgIpc) is 2.13. The van der Waals surface area contributed by atoms with Crippen LogP contribution in [0.5, 0.6) is 0 Å². The number of halogens is 7. The summed E-state index contributed by atoms with van der Waals surface area (Å²) in [5.41, 5.74) is -4.36. The van der Waals surface area contributed by atoms with Gasteiger partial charge < -0.3 is 4.74 Å². The Labute approximate surface area is 93.2 Å². The summed E-state index contributed by atoms with van der Waals surface area (Å²) in [7, 11) is 0. The Balaban J connectivity index is 5.35. The van der Waals surface area contributed by atoms with Crippen LogP contribution < -0.4 is 0 Å². The summed E-state index contributed by atoms with van der Waals surface area (Å²) in [5.74, 6) is -5.33. The van der Waals surface area contributed by atoms with Crippen LogP contribution in [-0.4, -0.2) is 17.7 Å². The highest BCUT2D eigenvalue weighted by atomic mass is 19.4. The summed E-state index contributed by atoms with van der Waals surface area (Å²) in [4.78, 5) is 0. The van der Waals surface area contributed by atoms with E-state index in [0.29, 0.717) is 6.92 Å². The van der Waals surface area contributed by atoms with Gasteiger partial charge in [0.2, 0.25) is 0 Å². The van der Waals surface area contributed by atoms with Crippen LogP contribution in [0.1, 0.15) is 27.2 Å². The predicted molar refractivity (Wildman–Crippen MR) is 45.7 cm³/mol. The van der Waals surface area contributed by atoms with Crippen molar-refractivity contribution >= 4 is 0 Å². The largest absolute Gasteiger partial charge is 0.453 e. The second-order valence-electron chi connectivity index (χ2n) is 3.49. The highest BCUT2D eigenvalue weighted by Crippen LogP contribution is 2.47. The van der Waals surface area contributed by atoms with Crippen LogP contribution in [-0.2, 0) is 4.74 Å². The van der Waals surface area contributed by atoms with E-state index in [-0.39, 0.29) is 6.92 Å². The third kappa shape index (κ3) is 3.04. The SMILES string of the molecule is CCC(F)(C(F)(F)F)C(C)(F)OC(C)=C(F)F. The van der Waals surface area contributed by atoms with Gasteiger partial charge >= 0.3 is 12.3 Å². The van der Waals surface area contributed by atoms with E-state index in [2.05, 4.69) is 4.74 Å². The van der Waals surface area contributed by atoms with Crippen molar-refractivity contribution in [1.29, 1.82) is 0 Å². The zero-order chi connectivity index (χ0) is 14.1. The van der Waals surface area contributed by atoms with Gasteiger partial charge in [-0.1, -0.05) is 6.92 Å². The number of ether oxygens (including phenoxy) is 1. The van der Waals surface area contributed by atoms with E-state index in [4.69, 9.17) is 0 Å². The Hall–Kier alpha value is -0.950. The molecule has 0 fully saturated rings. The lowest BCUT2D eigenvalue weighted by atomic mass is 9.93. The molecule has 0 N–H and O–H groups in total. The molecule has 0 bridgehead atoms. The fourth-order valence-corrected chi connectivity index (χ4v) is 1.18. The normalized spacial score (nSPS) is 19.2. The molecule has 0 saturated carbocycles. The molecule has 0 amide bonds. The summed E-state index contributed by atoms with van der Waals surface area (Å²) >= 11 is 0. The van der Waals surface area contributed by atoms with Crippen molar-refractivity contribution in [3.05, 3.63) is 11.8 Å². The van der Waals surface area contributed by atoms with Gasteiger partial charge in [0.05, 0.1) is 0 Å². The van der Waals surface area contributed by atoms with Gasteiger partial charge in [-0.2, -0.15) is 26.3 Å². The van der Waals surface area contributed by atoms with Crippen molar-refractivity contribution in [2.24, 2.45) is 0 Å². The minimum Gasteiger partial charge on any atom is -0.453 e. The zero-order valence-corrected chi connectivity index (χ0v) is 9.26. The number of hydrogen-bond donors (Lipinski definition) is 0. The molecule has 0 saturated heterocycles. The maximum atomic E-state index is 13.6. The summed E-state index contributed by atoms with van der Waals surface area (Å²) in [6.45, 7) is 1.40. The fourth-order valence-electron chi connectivity index (χ4n) is 1.18. The molecular formula is C9H11F7O. The molecule has 0 heterocycles. The maximum absolute atomic E-state index is 13.6. The fraction of sp³-hybridized carbons (Fsp3) is 0.778. The molecular weight excluding hydrogens is 257 g/mol. The molecule has 102 valence electrons. The van der Waals surface area contributed by atoms with Crippen molar-refractivity contribution in [3.63, 3.8) is 0 Å². The molecule has 0 aromatic heterocycles. The molecule has 0 rings (SSSR count). The Morgan fingerprint density at radius 3 is 1.71 bits per heavy atom. The molecule has 0 radical (unpaired) electrons. The van der Waals surface area contributed by atoms with Crippen molar-refractivity contribution in [3.8, 4) is 0 Å². The number of hydrogen-bond acceptors (Lipinski definition) is 1. The van der Waals surface area contributed by atoms with Crippen molar-refractivity contribution in [2.75, 3.05) is 0 Å². The van der Waals surface area contributed by atoms with Gasteiger partial charge in [-0.3, -0.25) is 0 Å². The Morgan fingerprint density at radius 1 is 1.06 bits per heavy atom. The predicted octanol–water partition coefficient (Wildman–Crippen LogP) is 4.50. The van der Waals surface area contributed by atoms with E-state index in [0.717, 1.165) is 6.92 Å². The molecule has 0 spiro atoms. The monoisotopic (exact) mass is 268 g/mol. The van der Waals surface area contributed by atoms with Crippen LogP contribution in [0.15, 0.2) is 11.8 Å². The van der Waals surface area contributed by atoms with Crippen LogP contribution in [0.4, 0.5) is 30.7 Å². The topological polar surface area (TPSA) is 9.23 Å². The van der Waals surface area contributed by atoms with E-state index < -0.39 is 36.0 Å². The van der Waals surface area contributed by atoms with E-state index >= 15 is 0 Å². The first-order chi connectivity index (χ1) is 7.39.